The molecular weight excluding hydrogens is 416 g/mol. The van der Waals surface area contributed by atoms with Crippen LogP contribution in [0, 0.1) is 0 Å². The molecule has 0 bridgehead atoms. The third-order valence-electron chi connectivity index (χ3n) is 5.01. The number of nitrogens with zero attached hydrogens (tertiary/aromatic N) is 3. The van der Waals surface area contributed by atoms with Crippen LogP contribution in [-0.2, 0) is 27.4 Å². The molecule has 1 aliphatic heterocycles. The number of thiophene rings is 1. The van der Waals surface area contributed by atoms with Gasteiger partial charge in [0.05, 0.1) is 31.2 Å². The monoisotopic (exact) mass is 438 g/mol. The number of nitrogens with one attached hydrogen (secondary N) is 1. The maximum absolute atomic E-state index is 12.5. The van der Waals surface area contributed by atoms with E-state index in [1.54, 1.807) is 11.8 Å². The van der Waals surface area contributed by atoms with Crippen LogP contribution in [-0.4, -0.2) is 45.1 Å². The molecule has 2 N–H and O–H groups in total. The van der Waals surface area contributed by atoms with Crippen LogP contribution >= 0.6 is 11.3 Å². The maximum Gasteiger partial charge on any atom is 0.330 e. The molecule has 0 saturated heterocycles. The van der Waals surface area contributed by atoms with Crippen molar-refractivity contribution in [2.75, 3.05) is 18.5 Å². The summed E-state index contributed by atoms with van der Waals surface area (Å²) in [6.45, 7) is 2.73. The van der Waals surface area contributed by atoms with Gasteiger partial charge in [0.2, 0.25) is 5.91 Å². The summed E-state index contributed by atoms with van der Waals surface area (Å²) in [6, 6.07) is 9.34. The van der Waals surface area contributed by atoms with Gasteiger partial charge >= 0.3 is 5.97 Å². The Morgan fingerprint density at radius 2 is 2.06 bits per heavy atom. The van der Waals surface area contributed by atoms with E-state index in [1.165, 1.54) is 23.7 Å². The first-order chi connectivity index (χ1) is 15.1. The lowest BCUT2D eigenvalue weighted by atomic mass is 10.1. The number of ether oxygens (including phenoxy) is 1. The van der Waals surface area contributed by atoms with Gasteiger partial charge < -0.3 is 20.1 Å². The number of esters is 1. The van der Waals surface area contributed by atoms with Crippen LogP contribution in [0.3, 0.4) is 0 Å². The fourth-order valence-electron chi connectivity index (χ4n) is 3.54. The van der Waals surface area contributed by atoms with Gasteiger partial charge in [0, 0.05) is 29.1 Å². The van der Waals surface area contributed by atoms with Gasteiger partial charge in [-0.05, 0) is 12.5 Å². The van der Waals surface area contributed by atoms with E-state index in [1.807, 2.05) is 30.3 Å². The van der Waals surface area contributed by atoms with Crippen molar-refractivity contribution in [3.8, 4) is 0 Å². The van der Waals surface area contributed by atoms with Crippen LogP contribution in [0.25, 0.3) is 10.2 Å². The molecule has 4 rings (SSSR count). The topological polar surface area (TPSA) is 105 Å². The van der Waals surface area contributed by atoms with Crippen LogP contribution in [0.4, 0.5) is 5.82 Å². The Morgan fingerprint density at radius 3 is 2.81 bits per heavy atom. The number of aliphatic hydroxyl groups excluding tert-OH is 1. The number of aliphatic hydroxyl groups is 1. The normalized spacial score (nSPS) is 14.1. The van der Waals surface area contributed by atoms with Crippen molar-refractivity contribution in [2.24, 2.45) is 0 Å². The van der Waals surface area contributed by atoms with Crippen molar-refractivity contribution < 1.29 is 19.4 Å². The first-order valence-corrected chi connectivity index (χ1v) is 10.7. The number of fused-ring (bicyclic) bond motifs is 3. The minimum absolute atomic E-state index is 0.0922. The second-order valence-electron chi connectivity index (χ2n) is 6.98. The number of carbonyl (C=O) groups excluding carboxylic acids is 2. The van der Waals surface area contributed by atoms with Gasteiger partial charge in [0.15, 0.2) is 0 Å². The molecule has 160 valence electrons. The quantitative estimate of drug-likeness (QED) is 0.432. The van der Waals surface area contributed by atoms with Gasteiger partial charge in [0.1, 0.15) is 17.0 Å². The van der Waals surface area contributed by atoms with Crippen molar-refractivity contribution in [3.63, 3.8) is 0 Å². The molecule has 31 heavy (non-hydrogen) atoms. The zero-order chi connectivity index (χ0) is 21.8. The molecule has 0 radical (unpaired) electrons. The molecule has 9 heteroatoms. The molecule has 3 aromatic rings. The molecule has 0 unspecified atom stereocenters. The Kier molecular flexibility index (Phi) is 6.24. The van der Waals surface area contributed by atoms with Gasteiger partial charge in [-0.1, -0.05) is 30.3 Å². The van der Waals surface area contributed by atoms with E-state index in [-0.39, 0.29) is 25.2 Å². The van der Waals surface area contributed by atoms with E-state index < -0.39 is 5.97 Å². The molecule has 0 aliphatic carbocycles. The summed E-state index contributed by atoms with van der Waals surface area (Å²) in [6.07, 6.45) is 3.89. The molecule has 1 aliphatic rings. The van der Waals surface area contributed by atoms with E-state index >= 15 is 0 Å². The Balaban J connectivity index is 1.57. The summed E-state index contributed by atoms with van der Waals surface area (Å²) in [5.41, 5.74) is 1.94. The first kappa shape index (κ1) is 21.0. The molecule has 1 amide bonds. The number of carbonyl (C=O) groups is 2. The Hall–Kier alpha value is -3.30. The molecule has 0 fully saturated rings. The van der Waals surface area contributed by atoms with Crippen LogP contribution < -0.4 is 5.32 Å². The van der Waals surface area contributed by atoms with Gasteiger partial charge in [-0.3, -0.25) is 4.79 Å². The molecule has 3 heterocycles. The summed E-state index contributed by atoms with van der Waals surface area (Å²) in [5.74, 6) is -0.165. The smallest absolute Gasteiger partial charge is 0.330 e. The van der Waals surface area contributed by atoms with Gasteiger partial charge in [-0.15, -0.1) is 11.3 Å². The van der Waals surface area contributed by atoms with Crippen molar-refractivity contribution >= 4 is 39.2 Å². The average molecular weight is 439 g/mol. The van der Waals surface area contributed by atoms with Gasteiger partial charge in [-0.25, -0.2) is 14.8 Å². The highest BCUT2D eigenvalue weighted by molar-refractivity contribution is 7.19. The van der Waals surface area contributed by atoms with E-state index in [2.05, 4.69) is 15.3 Å². The lowest BCUT2D eigenvalue weighted by Crippen LogP contribution is -2.23. The van der Waals surface area contributed by atoms with Crippen molar-refractivity contribution in [2.45, 2.75) is 26.1 Å². The summed E-state index contributed by atoms with van der Waals surface area (Å²) >= 11 is 1.52. The van der Waals surface area contributed by atoms with Crippen LogP contribution in [0.2, 0.25) is 0 Å². The van der Waals surface area contributed by atoms with Gasteiger partial charge in [0.25, 0.3) is 0 Å². The highest BCUT2D eigenvalue weighted by atomic mass is 32.1. The Bertz CT molecular complexity index is 1130. The molecule has 2 aromatic heterocycles. The van der Waals surface area contributed by atoms with Crippen LogP contribution in [0.1, 0.15) is 29.0 Å². The standard InChI is InChI=1S/C22H22N4O4S/c1-2-30-19(29)9-8-18(28)26-10-15-17(11-26)31-22-20(15)21(23-13-24-22)25-16(12-27)14-6-4-3-5-7-14/h3-9,13,16,27H,2,10-12H2,1H3,(H,23,24,25)/b9-8+/t16-/m1/s1. The first-order valence-electron chi connectivity index (χ1n) is 9.92. The number of benzene rings is 1. The fraction of sp³-hybridized carbons (Fsp3) is 0.273. The van der Waals surface area contributed by atoms with Crippen molar-refractivity contribution in [1.82, 2.24) is 14.9 Å². The number of rotatable bonds is 7. The Labute approximate surface area is 183 Å². The predicted octanol–water partition coefficient (Wildman–Crippen LogP) is 2.80. The predicted molar refractivity (Wildman–Crippen MR) is 117 cm³/mol. The highest BCUT2D eigenvalue weighted by Gasteiger charge is 2.29. The van der Waals surface area contributed by atoms with Crippen molar-refractivity contribution in [1.29, 1.82) is 0 Å². The number of anilines is 1. The van der Waals surface area contributed by atoms with Crippen LogP contribution in [0.5, 0.6) is 0 Å². The SMILES string of the molecule is CCOC(=O)/C=C/C(=O)N1Cc2sc3ncnc(N[C@H](CO)c4ccccc4)c3c2C1. The summed E-state index contributed by atoms with van der Waals surface area (Å²) < 4.78 is 4.82. The minimum Gasteiger partial charge on any atom is -0.463 e. The zero-order valence-corrected chi connectivity index (χ0v) is 17.8. The largest absolute Gasteiger partial charge is 0.463 e. The number of hydrogen-bond acceptors (Lipinski definition) is 8. The maximum atomic E-state index is 12.5. The second-order valence-corrected chi connectivity index (χ2v) is 8.06. The fourth-order valence-corrected chi connectivity index (χ4v) is 4.70. The number of aromatic nitrogens is 2. The lowest BCUT2D eigenvalue weighted by Gasteiger charge is -2.18. The Morgan fingerprint density at radius 1 is 1.26 bits per heavy atom. The molecule has 0 saturated carbocycles. The molecule has 1 aromatic carbocycles. The molecule has 8 nitrogen and oxygen atoms in total. The number of amides is 1. The van der Waals surface area contributed by atoms with Crippen molar-refractivity contribution in [3.05, 3.63) is 64.8 Å². The highest BCUT2D eigenvalue weighted by Crippen LogP contribution is 2.40. The lowest BCUT2D eigenvalue weighted by molar-refractivity contribution is -0.137. The third kappa shape index (κ3) is 4.42. The average Bonchev–Trinajstić information content (AvgIpc) is 3.35. The van der Waals surface area contributed by atoms with E-state index in [4.69, 9.17) is 4.74 Å². The molecule has 1 atom stereocenters. The third-order valence-corrected chi connectivity index (χ3v) is 6.13. The zero-order valence-electron chi connectivity index (χ0n) is 16.9. The summed E-state index contributed by atoms with van der Waals surface area (Å²) in [7, 11) is 0. The second kappa shape index (κ2) is 9.23. The van der Waals surface area contributed by atoms with Gasteiger partial charge in [-0.2, -0.15) is 0 Å². The van der Waals surface area contributed by atoms with E-state index in [0.29, 0.717) is 18.9 Å². The number of hydrogen-bond donors (Lipinski definition) is 2. The summed E-state index contributed by atoms with van der Waals surface area (Å²) in [5, 5.41) is 14.1. The summed E-state index contributed by atoms with van der Waals surface area (Å²) in [4.78, 5) is 36.3. The molecular formula is C22H22N4O4S. The molecule has 0 spiro atoms. The van der Waals surface area contributed by atoms with Crippen LogP contribution in [0.15, 0.2) is 48.8 Å². The van der Waals surface area contributed by atoms with E-state index in [9.17, 15) is 14.7 Å². The minimum atomic E-state index is -0.536. The van der Waals surface area contributed by atoms with E-state index in [0.717, 1.165) is 32.3 Å².